The van der Waals surface area contributed by atoms with Gasteiger partial charge >= 0.3 is 5.97 Å². The number of benzene rings is 3. The molecule has 130 valence electrons. The van der Waals surface area contributed by atoms with Crippen molar-refractivity contribution < 1.29 is 19.1 Å². The van der Waals surface area contributed by atoms with E-state index in [0.29, 0.717) is 22.6 Å². The summed E-state index contributed by atoms with van der Waals surface area (Å²) >= 11 is 0. The van der Waals surface area contributed by atoms with Crippen LogP contribution in [0.2, 0.25) is 0 Å². The van der Waals surface area contributed by atoms with Gasteiger partial charge in [0, 0.05) is 17.3 Å². The van der Waals surface area contributed by atoms with Gasteiger partial charge in [-0.1, -0.05) is 30.3 Å². The van der Waals surface area contributed by atoms with Crippen LogP contribution < -0.4 is 15.2 Å². The minimum atomic E-state index is -0.583. The molecule has 0 aliphatic heterocycles. The van der Waals surface area contributed by atoms with Crippen LogP contribution >= 0.6 is 0 Å². The molecule has 0 atom stereocenters. The molecule has 3 aromatic rings. The van der Waals surface area contributed by atoms with E-state index in [1.807, 2.05) is 6.07 Å². The first-order chi connectivity index (χ1) is 12.6. The molecule has 0 aliphatic carbocycles. The molecule has 0 spiro atoms. The molecule has 0 amide bonds. The second kappa shape index (κ2) is 7.53. The molecule has 0 aliphatic rings. The molecule has 0 fully saturated rings. The Morgan fingerprint density at radius 1 is 0.846 bits per heavy atom. The van der Waals surface area contributed by atoms with E-state index in [1.165, 1.54) is 13.2 Å². The van der Waals surface area contributed by atoms with Gasteiger partial charge in [0.15, 0.2) is 5.78 Å². The number of hydrogen-bond donors (Lipinski definition) is 1. The summed E-state index contributed by atoms with van der Waals surface area (Å²) in [6.07, 6.45) is 0. The van der Waals surface area contributed by atoms with Crippen LogP contribution in [0.4, 0.5) is 5.69 Å². The number of rotatable bonds is 5. The van der Waals surface area contributed by atoms with Crippen molar-refractivity contribution in [2.24, 2.45) is 0 Å². The van der Waals surface area contributed by atoms with Gasteiger partial charge in [-0.15, -0.1) is 0 Å². The predicted molar refractivity (Wildman–Crippen MR) is 98.7 cm³/mol. The zero-order valence-electron chi connectivity index (χ0n) is 14.1. The lowest BCUT2D eigenvalue weighted by atomic mass is 10.0. The number of carbonyl (C=O) groups is 2. The fraction of sp³-hybridized carbons (Fsp3) is 0.0476. The van der Waals surface area contributed by atoms with Gasteiger partial charge in [0.2, 0.25) is 0 Å². The number of hydrogen-bond acceptors (Lipinski definition) is 5. The topological polar surface area (TPSA) is 78.6 Å². The van der Waals surface area contributed by atoms with Gasteiger partial charge < -0.3 is 15.2 Å². The highest BCUT2D eigenvalue weighted by atomic mass is 16.5. The molecular weight excluding hydrogens is 330 g/mol. The van der Waals surface area contributed by atoms with Gasteiger partial charge in [-0.05, 0) is 36.4 Å². The third-order valence-electron chi connectivity index (χ3n) is 3.82. The summed E-state index contributed by atoms with van der Waals surface area (Å²) in [7, 11) is 1.50. The van der Waals surface area contributed by atoms with Crippen LogP contribution in [0.15, 0.2) is 72.8 Å². The Morgan fingerprint density at radius 2 is 1.54 bits per heavy atom. The standard InChI is InChI=1S/C21H17NO4/c1-25-17-11-12-18(20(23)14-5-3-2-4-6-14)19(13-17)26-21(24)15-7-9-16(22)10-8-15/h2-13H,22H2,1H3. The van der Waals surface area contributed by atoms with Gasteiger partial charge in [-0.3, -0.25) is 4.79 Å². The van der Waals surface area contributed by atoms with Crippen molar-refractivity contribution in [2.75, 3.05) is 12.8 Å². The highest BCUT2D eigenvalue weighted by Gasteiger charge is 2.19. The molecule has 2 N–H and O–H groups in total. The monoisotopic (exact) mass is 347 g/mol. The first-order valence-corrected chi connectivity index (χ1v) is 7.94. The minimum Gasteiger partial charge on any atom is -0.497 e. The summed E-state index contributed by atoms with van der Waals surface area (Å²) < 4.78 is 10.7. The number of anilines is 1. The van der Waals surface area contributed by atoms with E-state index >= 15 is 0 Å². The summed E-state index contributed by atoms with van der Waals surface area (Å²) in [5.41, 5.74) is 7.29. The van der Waals surface area contributed by atoms with Gasteiger partial charge in [-0.2, -0.15) is 0 Å². The second-order valence-corrected chi connectivity index (χ2v) is 5.57. The largest absolute Gasteiger partial charge is 0.497 e. The lowest BCUT2D eigenvalue weighted by Gasteiger charge is -2.11. The summed E-state index contributed by atoms with van der Waals surface area (Å²) in [4.78, 5) is 25.2. The van der Waals surface area contributed by atoms with Gasteiger partial charge in [0.05, 0.1) is 18.2 Å². The lowest BCUT2D eigenvalue weighted by Crippen LogP contribution is -2.12. The Bertz CT molecular complexity index is 934. The van der Waals surface area contributed by atoms with E-state index in [1.54, 1.807) is 60.7 Å². The molecule has 0 unspecified atom stereocenters. The number of nitrogens with two attached hydrogens (primary N) is 1. The molecule has 0 aromatic heterocycles. The van der Waals surface area contributed by atoms with Crippen molar-refractivity contribution in [2.45, 2.75) is 0 Å². The van der Waals surface area contributed by atoms with Crippen molar-refractivity contribution in [3.63, 3.8) is 0 Å². The van der Waals surface area contributed by atoms with E-state index in [-0.39, 0.29) is 17.1 Å². The fourth-order valence-electron chi connectivity index (χ4n) is 2.42. The Hall–Kier alpha value is -3.60. The van der Waals surface area contributed by atoms with E-state index in [9.17, 15) is 9.59 Å². The van der Waals surface area contributed by atoms with Crippen molar-refractivity contribution in [3.8, 4) is 11.5 Å². The minimum absolute atomic E-state index is 0.139. The smallest absolute Gasteiger partial charge is 0.343 e. The second-order valence-electron chi connectivity index (χ2n) is 5.57. The van der Waals surface area contributed by atoms with Crippen molar-refractivity contribution in [1.82, 2.24) is 0 Å². The van der Waals surface area contributed by atoms with Crippen molar-refractivity contribution in [3.05, 3.63) is 89.5 Å². The van der Waals surface area contributed by atoms with Crippen LogP contribution in [0.3, 0.4) is 0 Å². The van der Waals surface area contributed by atoms with Crippen LogP contribution in [0, 0.1) is 0 Å². The normalized spacial score (nSPS) is 10.2. The number of carbonyl (C=O) groups excluding carboxylic acids is 2. The molecule has 3 aromatic carbocycles. The number of nitrogen functional groups attached to an aromatic ring is 1. The van der Waals surface area contributed by atoms with Crippen LogP contribution in [0.1, 0.15) is 26.3 Å². The lowest BCUT2D eigenvalue weighted by molar-refractivity contribution is 0.0732. The van der Waals surface area contributed by atoms with E-state index < -0.39 is 5.97 Å². The zero-order chi connectivity index (χ0) is 18.5. The Labute approximate surface area is 151 Å². The first kappa shape index (κ1) is 17.2. The molecule has 0 radical (unpaired) electrons. The Balaban J connectivity index is 1.95. The van der Waals surface area contributed by atoms with Crippen LogP contribution in [0.5, 0.6) is 11.5 Å². The summed E-state index contributed by atoms with van der Waals surface area (Å²) in [6.45, 7) is 0. The molecule has 0 saturated heterocycles. The molecule has 5 heteroatoms. The van der Waals surface area contributed by atoms with Crippen molar-refractivity contribution in [1.29, 1.82) is 0 Å². The zero-order valence-corrected chi connectivity index (χ0v) is 14.1. The molecule has 0 bridgehead atoms. The Morgan fingerprint density at radius 3 is 2.19 bits per heavy atom. The van der Waals surface area contributed by atoms with E-state index in [4.69, 9.17) is 15.2 Å². The summed E-state index contributed by atoms with van der Waals surface area (Å²) in [6, 6.07) is 19.9. The average molecular weight is 347 g/mol. The number of ketones is 1. The average Bonchev–Trinajstić information content (AvgIpc) is 2.68. The highest BCUT2D eigenvalue weighted by molar-refractivity contribution is 6.11. The maximum atomic E-state index is 12.8. The first-order valence-electron chi connectivity index (χ1n) is 7.94. The van der Waals surface area contributed by atoms with Crippen LogP contribution in [-0.4, -0.2) is 18.9 Å². The molecule has 5 nitrogen and oxygen atoms in total. The summed E-state index contributed by atoms with van der Waals surface area (Å²) in [5.74, 6) is -0.205. The fourth-order valence-corrected chi connectivity index (χ4v) is 2.42. The molecule has 3 rings (SSSR count). The van der Waals surface area contributed by atoms with E-state index in [0.717, 1.165) is 0 Å². The van der Waals surface area contributed by atoms with Crippen molar-refractivity contribution >= 4 is 17.4 Å². The molecular formula is C21H17NO4. The van der Waals surface area contributed by atoms with Crippen LogP contribution in [-0.2, 0) is 0 Å². The van der Waals surface area contributed by atoms with Crippen LogP contribution in [0.25, 0.3) is 0 Å². The number of ether oxygens (including phenoxy) is 2. The highest BCUT2D eigenvalue weighted by Crippen LogP contribution is 2.28. The Kier molecular flexibility index (Phi) is 4.99. The van der Waals surface area contributed by atoms with E-state index in [2.05, 4.69) is 0 Å². The van der Waals surface area contributed by atoms with Gasteiger partial charge in [-0.25, -0.2) is 4.79 Å². The summed E-state index contributed by atoms with van der Waals surface area (Å²) in [5, 5.41) is 0. The maximum Gasteiger partial charge on any atom is 0.343 e. The molecule has 0 saturated carbocycles. The predicted octanol–water partition coefficient (Wildman–Crippen LogP) is 3.73. The third kappa shape index (κ3) is 3.72. The SMILES string of the molecule is COc1ccc(C(=O)c2ccccc2)c(OC(=O)c2ccc(N)cc2)c1. The maximum absolute atomic E-state index is 12.8. The molecule has 0 heterocycles. The number of methoxy groups -OCH3 is 1. The third-order valence-corrected chi connectivity index (χ3v) is 3.82. The van der Waals surface area contributed by atoms with Gasteiger partial charge in [0.25, 0.3) is 0 Å². The molecule has 26 heavy (non-hydrogen) atoms. The quantitative estimate of drug-likeness (QED) is 0.329. The van der Waals surface area contributed by atoms with Gasteiger partial charge in [0.1, 0.15) is 11.5 Å². The number of esters is 1.